The van der Waals surface area contributed by atoms with Crippen LogP contribution >= 0.6 is 12.4 Å². The molecule has 1 fully saturated rings. The van der Waals surface area contributed by atoms with Crippen LogP contribution in [0.5, 0.6) is 5.75 Å². The minimum absolute atomic E-state index is 0. The van der Waals surface area contributed by atoms with Crippen LogP contribution in [0.25, 0.3) is 0 Å². The van der Waals surface area contributed by atoms with Crippen molar-refractivity contribution in [2.45, 2.75) is 32.2 Å². The number of hydrogen-bond donors (Lipinski definition) is 2. The number of amides is 2. The number of benzene rings is 1. The number of halogens is 1. The topological polar surface area (TPSA) is 70.7 Å². The van der Waals surface area contributed by atoms with Gasteiger partial charge in [0.15, 0.2) is 0 Å². The first-order valence-corrected chi connectivity index (χ1v) is 8.57. The zero-order chi connectivity index (χ0) is 17.4. The third kappa shape index (κ3) is 5.90. The van der Waals surface area contributed by atoms with Crippen LogP contribution in [-0.2, 0) is 9.59 Å². The standard InChI is InChI=1S/C18H27N3O3.ClH/c1-3-10-20-17(22)8-9-18(23)21-12-11-19-13-15(21)14-6-4-5-7-16(14)24-2;/h4-7,15,19H,3,8-13H2,1-2H3,(H,20,22);1H. The van der Waals surface area contributed by atoms with Crippen LogP contribution < -0.4 is 15.4 Å². The van der Waals surface area contributed by atoms with Crippen molar-refractivity contribution in [1.29, 1.82) is 0 Å². The SMILES string of the molecule is CCCNC(=O)CCC(=O)N1CCNCC1c1ccccc1OC.Cl. The van der Waals surface area contributed by atoms with Gasteiger partial charge in [0, 0.05) is 44.6 Å². The Morgan fingerprint density at radius 2 is 2.08 bits per heavy atom. The average molecular weight is 370 g/mol. The lowest BCUT2D eigenvalue weighted by atomic mass is 10.0. The molecule has 0 saturated carbocycles. The van der Waals surface area contributed by atoms with Crippen molar-refractivity contribution in [2.75, 3.05) is 33.3 Å². The molecule has 7 heteroatoms. The highest BCUT2D eigenvalue weighted by atomic mass is 35.5. The first kappa shape index (κ1) is 21.3. The molecule has 1 saturated heterocycles. The number of para-hydroxylation sites is 1. The van der Waals surface area contributed by atoms with Crippen LogP contribution in [0.2, 0.25) is 0 Å². The van der Waals surface area contributed by atoms with Crippen molar-refractivity contribution >= 4 is 24.2 Å². The number of nitrogens with zero attached hydrogens (tertiary/aromatic N) is 1. The molecule has 2 rings (SSSR count). The van der Waals surface area contributed by atoms with Crippen LogP contribution in [0.1, 0.15) is 37.8 Å². The number of methoxy groups -OCH3 is 1. The second kappa shape index (κ2) is 10.9. The van der Waals surface area contributed by atoms with E-state index in [2.05, 4.69) is 10.6 Å². The molecule has 0 spiro atoms. The highest BCUT2D eigenvalue weighted by Crippen LogP contribution is 2.30. The molecule has 2 N–H and O–H groups in total. The number of hydrogen-bond acceptors (Lipinski definition) is 4. The van der Waals surface area contributed by atoms with Gasteiger partial charge in [-0.25, -0.2) is 0 Å². The molecule has 1 aromatic rings. The third-order valence-corrected chi connectivity index (χ3v) is 4.20. The molecule has 0 aromatic heterocycles. The summed E-state index contributed by atoms with van der Waals surface area (Å²) in [6, 6.07) is 7.70. The minimum Gasteiger partial charge on any atom is -0.496 e. The van der Waals surface area contributed by atoms with Crippen molar-refractivity contribution in [2.24, 2.45) is 0 Å². The van der Waals surface area contributed by atoms with Crippen molar-refractivity contribution in [3.8, 4) is 5.75 Å². The summed E-state index contributed by atoms with van der Waals surface area (Å²) in [5.74, 6) is 0.734. The number of nitrogens with one attached hydrogen (secondary N) is 2. The number of piperazine rings is 1. The van der Waals surface area contributed by atoms with Gasteiger partial charge in [0.05, 0.1) is 13.2 Å². The second-order valence-electron chi connectivity index (χ2n) is 5.90. The van der Waals surface area contributed by atoms with E-state index in [1.54, 1.807) is 7.11 Å². The summed E-state index contributed by atoms with van der Waals surface area (Å²) in [4.78, 5) is 26.2. The number of carbonyl (C=O) groups excluding carboxylic acids is 2. The molecular formula is C18H28ClN3O3. The number of rotatable bonds is 7. The van der Waals surface area contributed by atoms with Crippen molar-refractivity contribution < 1.29 is 14.3 Å². The first-order chi connectivity index (χ1) is 11.7. The van der Waals surface area contributed by atoms with Gasteiger partial charge in [-0.05, 0) is 12.5 Å². The summed E-state index contributed by atoms with van der Waals surface area (Å²) in [7, 11) is 1.64. The molecule has 2 amide bonds. The maximum atomic E-state index is 12.6. The zero-order valence-electron chi connectivity index (χ0n) is 14.9. The maximum Gasteiger partial charge on any atom is 0.223 e. The molecule has 140 valence electrons. The molecule has 1 unspecified atom stereocenters. The van der Waals surface area contributed by atoms with E-state index >= 15 is 0 Å². The van der Waals surface area contributed by atoms with Crippen LogP contribution in [0.3, 0.4) is 0 Å². The Bertz CT molecular complexity index is 568. The van der Waals surface area contributed by atoms with Gasteiger partial charge in [0.1, 0.15) is 5.75 Å². The van der Waals surface area contributed by atoms with Gasteiger partial charge >= 0.3 is 0 Å². The molecule has 1 aliphatic rings. The Labute approximate surface area is 155 Å². The molecule has 1 aromatic carbocycles. The number of ether oxygens (including phenoxy) is 1. The predicted octanol–water partition coefficient (Wildman–Crippen LogP) is 1.90. The molecule has 0 bridgehead atoms. The summed E-state index contributed by atoms with van der Waals surface area (Å²) in [6.07, 6.45) is 1.37. The highest BCUT2D eigenvalue weighted by Gasteiger charge is 2.29. The van der Waals surface area contributed by atoms with Gasteiger partial charge < -0.3 is 20.3 Å². The summed E-state index contributed by atoms with van der Waals surface area (Å²) in [5.41, 5.74) is 0.996. The Balaban J connectivity index is 0.00000312. The number of carbonyl (C=O) groups is 2. The van der Waals surface area contributed by atoms with E-state index in [1.165, 1.54) is 0 Å². The van der Waals surface area contributed by atoms with E-state index in [-0.39, 0.29) is 43.1 Å². The van der Waals surface area contributed by atoms with Crippen LogP contribution in [-0.4, -0.2) is 50.0 Å². The molecule has 1 atom stereocenters. The molecule has 1 aliphatic heterocycles. The Morgan fingerprint density at radius 1 is 1.32 bits per heavy atom. The van der Waals surface area contributed by atoms with Crippen molar-refractivity contribution in [3.05, 3.63) is 29.8 Å². The summed E-state index contributed by atoms with van der Waals surface area (Å²) in [5, 5.41) is 6.14. The average Bonchev–Trinajstić information content (AvgIpc) is 2.64. The zero-order valence-corrected chi connectivity index (χ0v) is 15.7. The molecule has 6 nitrogen and oxygen atoms in total. The van der Waals surface area contributed by atoms with Gasteiger partial charge in [-0.15, -0.1) is 12.4 Å². The van der Waals surface area contributed by atoms with E-state index in [1.807, 2.05) is 36.1 Å². The molecular weight excluding hydrogens is 342 g/mol. The van der Waals surface area contributed by atoms with Crippen molar-refractivity contribution in [1.82, 2.24) is 15.5 Å². The fourth-order valence-electron chi connectivity index (χ4n) is 2.94. The van der Waals surface area contributed by atoms with Gasteiger partial charge in [0.25, 0.3) is 0 Å². The summed E-state index contributed by atoms with van der Waals surface area (Å²) in [6.45, 7) is 4.75. The van der Waals surface area contributed by atoms with Crippen LogP contribution in [0, 0.1) is 0 Å². The Kier molecular flexibility index (Phi) is 9.31. The smallest absolute Gasteiger partial charge is 0.223 e. The summed E-state index contributed by atoms with van der Waals surface area (Å²) < 4.78 is 5.44. The lowest BCUT2D eigenvalue weighted by molar-refractivity contribution is -0.136. The highest BCUT2D eigenvalue weighted by molar-refractivity contribution is 5.85. The van der Waals surface area contributed by atoms with E-state index in [9.17, 15) is 9.59 Å². The predicted molar refractivity (Wildman–Crippen MR) is 100 cm³/mol. The minimum atomic E-state index is -0.0684. The second-order valence-corrected chi connectivity index (χ2v) is 5.90. The molecule has 0 radical (unpaired) electrons. The quantitative estimate of drug-likeness (QED) is 0.770. The third-order valence-electron chi connectivity index (χ3n) is 4.20. The van der Waals surface area contributed by atoms with E-state index in [0.29, 0.717) is 19.6 Å². The Hall–Kier alpha value is -1.79. The summed E-state index contributed by atoms with van der Waals surface area (Å²) >= 11 is 0. The fraction of sp³-hybridized carbons (Fsp3) is 0.556. The van der Waals surface area contributed by atoms with Crippen LogP contribution in [0.4, 0.5) is 0 Å². The van der Waals surface area contributed by atoms with Crippen molar-refractivity contribution in [3.63, 3.8) is 0 Å². The van der Waals surface area contributed by atoms with Gasteiger partial charge in [0.2, 0.25) is 11.8 Å². The van der Waals surface area contributed by atoms with E-state index < -0.39 is 0 Å². The van der Waals surface area contributed by atoms with E-state index in [0.717, 1.165) is 24.3 Å². The lowest BCUT2D eigenvalue weighted by Crippen LogP contribution is -2.49. The van der Waals surface area contributed by atoms with Crippen LogP contribution in [0.15, 0.2) is 24.3 Å². The normalized spacial score (nSPS) is 16.7. The molecule has 25 heavy (non-hydrogen) atoms. The monoisotopic (exact) mass is 369 g/mol. The van der Waals surface area contributed by atoms with Gasteiger partial charge in [-0.2, -0.15) is 0 Å². The lowest BCUT2D eigenvalue weighted by Gasteiger charge is -2.37. The first-order valence-electron chi connectivity index (χ1n) is 8.57. The maximum absolute atomic E-state index is 12.6. The van der Waals surface area contributed by atoms with Gasteiger partial charge in [-0.1, -0.05) is 25.1 Å². The molecule has 1 heterocycles. The van der Waals surface area contributed by atoms with E-state index in [4.69, 9.17) is 4.74 Å². The Morgan fingerprint density at radius 3 is 2.80 bits per heavy atom. The van der Waals surface area contributed by atoms with Gasteiger partial charge in [-0.3, -0.25) is 9.59 Å². The molecule has 0 aliphatic carbocycles. The fourth-order valence-corrected chi connectivity index (χ4v) is 2.94. The largest absolute Gasteiger partial charge is 0.496 e.